The van der Waals surface area contributed by atoms with Crippen LogP contribution in [0.5, 0.6) is 5.75 Å². The third-order valence-electron chi connectivity index (χ3n) is 6.10. The number of benzene rings is 3. The number of amides is 3. The van der Waals surface area contributed by atoms with Gasteiger partial charge in [-0.3, -0.25) is 9.69 Å². The van der Waals surface area contributed by atoms with Crippen LogP contribution in [0.15, 0.2) is 72.8 Å². The summed E-state index contributed by atoms with van der Waals surface area (Å²) in [6, 6.07) is 20.7. The zero-order valence-corrected chi connectivity index (χ0v) is 21.3. The van der Waals surface area contributed by atoms with Crippen LogP contribution >= 0.6 is 0 Å². The van der Waals surface area contributed by atoms with Crippen LogP contribution in [0.4, 0.5) is 4.79 Å². The summed E-state index contributed by atoms with van der Waals surface area (Å²) in [4.78, 5) is 36.1. The summed E-state index contributed by atoms with van der Waals surface area (Å²) in [5.74, 6) is 0.805. The fourth-order valence-corrected chi connectivity index (χ4v) is 4.38. The fourth-order valence-electron chi connectivity index (χ4n) is 4.38. The minimum atomic E-state index is -0.806. The van der Waals surface area contributed by atoms with E-state index < -0.39 is 18.1 Å². The van der Waals surface area contributed by atoms with Gasteiger partial charge < -0.3 is 20.1 Å². The highest BCUT2D eigenvalue weighted by atomic mass is 16.5. The molecule has 2 atom stereocenters. The summed E-state index contributed by atoms with van der Waals surface area (Å²) < 4.78 is 5.40. The van der Waals surface area contributed by atoms with Crippen LogP contribution in [-0.4, -0.2) is 45.1 Å². The van der Waals surface area contributed by atoms with Crippen LogP contribution in [0.1, 0.15) is 48.4 Å². The molecule has 0 radical (unpaired) electrons. The van der Waals surface area contributed by atoms with Crippen molar-refractivity contribution < 1.29 is 19.4 Å². The smallest absolute Gasteiger partial charge is 0.325 e. The van der Waals surface area contributed by atoms with E-state index in [9.17, 15) is 9.59 Å². The highest BCUT2D eigenvalue weighted by molar-refractivity contribution is 6.05. The molecule has 0 bridgehead atoms. The predicted octanol–water partition coefficient (Wildman–Crippen LogP) is 4.85. The van der Waals surface area contributed by atoms with Crippen LogP contribution in [0.25, 0.3) is 11.0 Å². The van der Waals surface area contributed by atoms with Crippen molar-refractivity contribution >= 4 is 23.0 Å². The lowest BCUT2D eigenvalue weighted by molar-refractivity contribution is -0.129. The Bertz CT molecular complexity index is 1350. The molecule has 0 spiro atoms. The van der Waals surface area contributed by atoms with Crippen molar-refractivity contribution in [3.63, 3.8) is 0 Å². The van der Waals surface area contributed by atoms with Gasteiger partial charge in [0.2, 0.25) is 0 Å². The second-order valence-corrected chi connectivity index (χ2v) is 8.58. The highest BCUT2D eigenvalue weighted by Gasteiger charge is 2.44. The summed E-state index contributed by atoms with van der Waals surface area (Å²) >= 11 is 0. The fraction of sp³-hybridized carbons (Fsp3) is 0.276. The number of aryl methyl sites for hydroxylation is 1. The van der Waals surface area contributed by atoms with Crippen molar-refractivity contribution in [2.24, 2.45) is 0 Å². The minimum Gasteiger partial charge on any atom is -0.491 e. The van der Waals surface area contributed by atoms with E-state index in [0.29, 0.717) is 23.6 Å². The number of ether oxygens (including phenoxy) is 1. The van der Waals surface area contributed by atoms with Gasteiger partial charge in [0.05, 0.1) is 17.6 Å². The Balaban J connectivity index is 0.00000156. The van der Waals surface area contributed by atoms with Gasteiger partial charge >= 0.3 is 6.03 Å². The molecule has 1 aromatic heterocycles. The molecule has 1 fully saturated rings. The lowest BCUT2D eigenvalue weighted by Gasteiger charge is -2.24. The Morgan fingerprint density at radius 3 is 2.46 bits per heavy atom. The number of aliphatic hydroxyl groups is 1. The van der Waals surface area contributed by atoms with Gasteiger partial charge in [-0.1, -0.05) is 62.4 Å². The SMILES string of the molecule is CC.Cc1ccc2nc(C(Cc3ccccc3)N3C(=O)N[C@H](c4ccc(OCCO)cc4)C3=O)[nH]c2c1. The molecule has 5 rings (SSSR count). The van der Waals surface area contributed by atoms with Crippen LogP contribution in [0, 0.1) is 6.92 Å². The van der Waals surface area contributed by atoms with Gasteiger partial charge in [-0.05, 0) is 47.9 Å². The molecule has 1 aliphatic heterocycles. The number of hydrogen-bond acceptors (Lipinski definition) is 5. The molecular formula is C29H32N4O4. The number of rotatable bonds is 8. The van der Waals surface area contributed by atoms with E-state index in [4.69, 9.17) is 14.8 Å². The molecule has 4 aromatic rings. The van der Waals surface area contributed by atoms with E-state index >= 15 is 0 Å². The van der Waals surface area contributed by atoms with Crippen molar-refractivity contribution in [2.45, 2.75) is 39.3 Å². The van der Waals surface area contributed by atoms with E-state index in [2.05, 4.69) is 10.3 Å². The number of carbonyl (C=O) groups is 2. The van der Waals surface area contributed by atoms with Crippen molar-refractivity contribution in [1.29, 1.82) is 0 Å². The minimum absolute atomic E-state index is 0.0853. The van der Waals surface area contributed by atoms with E-state index in [1.807, 2.05) is 69.3 Å². The van der Waals surface area contributed by atoms with Gasteiger partial charge in [0, 0.05) is 6.42 Å². The second kappa shape index (κ2) is 11.7. The number of urea groups is 1. The number of nitrogens with one attached hydrogen (secondary N) is 2. The first-order valence-corrected chi connectivity index (χ1v) is 12.5. The van der Waals surface area contributed by atoms with Gasteiger partial charge in [-0.15, -0.1) is 0 Å². The normalized spacial score (nSPS) is 15.8. The third-order valence-corrected chi connectivity index (χ3v) is 6.10. The molecule has 3 aromatic carbocycles. The van der Waals surface area contributed by atoms with Crippen molar-refractivity contribution in [1.82, 2.24) is 20.2 Å². The number of aromatic amines is 1. The number of hydrogen-bond donors (Lipinski definition) is 3. The number of H-pyrrole nitrogens is 1. The summed E-state index contributed by atoms with van der Waals surface area (Å²) in [7, 11) is 0. The standard InChI is InChI=1S/C27H26N4O4.C2H6/c1-17-7-12-21-22(15-17)29-25(28-21)23(16-18-5-3-2-4-6-18)31-26(33)24(30-27(31)34)19-8-10-20(11-9-19)35-14-13-32;1-2/h2-12,15,23-24,32H,13-14,16H2,1H3,(H,28,29)(H,30,34);1-2H3/t23?,24-;/m1./s1. The largest absolute Gasteiger partial charge is 0.491 e. The first kappa shape index (κ1) is 25.9. The molecule has 2 heterocycles. The van der Waals surface area contributed by atoms with Gasteiger partial charge in [0.1, 0.15) is 30.3 Å². The first-order valence-electron chi connectivity index (χ1n) is 12.5. The lowest BCUT2D eigenvalue weighted by Crippen LogP contribution is -2.36. The average molecular weight is 501 g/mol. The van der Waals surface area contributed by atoms with Crippen LogP contribution in [-0.2, 0) is 11.2 Å². The molecule has 8 nitrogen and oxygen atoms in total. The number of fused-ring (bicyclic) bond motifs is 1. The quantitative estimate of drug-likeness (QED) is 0.300. The Morgan fingerprint density at radius 1 is 1.03 bits per heavy atom. The molecule has 37 heavy (non-hydrogen) atoms. The van der Waals surface area contributed by atoms with E-state index in [1.165, 1.54) is 4.90 Å². The zero-order valence-electron chi connectivity index (χ0n) is 21.3. The van der Waals surface area contributed by atoms with Crippen LogP contribution < -0.4 is 10.1 Å². The van der Waals surface area contributed by atoms with Gasteiger partial charge in [-0.2, -0.15) is 0 Å². The number of aliphatic hydroxyl groups excluding tert-OH is 1. The summed E-state index contributed by atoms with van der Waals surface area (Å²) in [5, 5.41) is 11.8. The maximum absolute atomic E-state index is 13.6. The lowest BCUT2D eigenvalue weighted by atomic mass is 10.0. The Morgan fingerprint density at radius 2 is 1.76 bits per heavy atom. The van der Waals surface area contributed by atoms with Gasteiger partial charge in [0.15, 0.2) is 0 Å². The monoisotopic (exact) mass is 500 g/mol. The molecule has 1 saturated heterocycles. The predicted molar refractivity (Wildman–Crippen MR) is 142 cm³/mol. The van der Waals surface area contributed by atoms with Gasteiger partial charge in [-0.25, -0.2) is 9.78 Å². The molecule has 192 valence electrons. The molecule has 0 aliphatic carbocycles. The molecule has 3 amide bonds. The number of imidazole rings is 1. The Labute approximate surface area is 216 Å². The van der Waals surface area contributed by atoms with Gasteiger partial charge in [0.25, 0.3) is 5.91 Å². The average Bonchev–Trinajstić information content (AvgIpc) is 3.48. The highest BCUT2D eigenvalue weighted by Crippen LogP contribution is 2.33. The number of imide groups is 1. The molecule has 1 unspecified atom stereocenters. The number of nitrogens with zero attached hydrogens (tertiary/aromatic N) is 2. The maximum atomic E-state index is 13.6. The number of aromatic nitrogens is 2. The Hall–Kier alpha value is -4.17. The summed E-state index contributed by atoms with van der Waals surface area (Å²) in [5.41, 5.74) is 4.38. The Kier molecular flexibility index (Phi) is 8.20. The second-order valence-electron chi connectivity index (χ2n) is 8.58. The van der Waals surface area contributed by atoms with Crippen molar-refractivity contribution in [3.05, 3.63) is 95.3 Å². The first-order chi connectivity index (χ1) is 18.0. The van der Waals surface area contributed by atoms with E-state index in [1.54, 1.807) is 24.3 Å². The molecule has 3 N–H and O–H groups in total. The third kappa shape index (κ3) is 5.65. The molecular weight excluding hydrogens is 468 g/mol. The molecule has 1 aliphatic rings. The van der Waals surface area contributed by atoms with Crippen LogP contribution in [0.3, 0.4) is 0 Å². The zero-order chi connectivity index (χ0) is 26.4. The summed E-state index contributed by atoms with van der Waals surface area (Å²) in [6.07, 6.45) is 0.430. The van der Waals surface area contributed by atoms with E-state index in [0.717, 1.165) is 22.2 Å². The van der Waals surface area contributed by atoms with Crippen molar-refractivity contribution in [2.75, 3.05) is 13.2 Å². The topological polar surface area (TPSA) is 108 Å². The summed E-state index contributed by atoms with van der Waals surface area (Å²) in [6.45, 7) is 6.10. The molecule has 0 saturated carbocycles. The maximum Gasteiger partial charge on any atom is 0.325 e. The van der Waals surface area contributed by atoms with Crippen LogP contribution in [0.2, 0.25) is 0 Å². The van der Waals surface area contributed by atoms with Crippen molar-refractivity contribution in [3.8, 4) is 5.75 Å². The number of carbonyl (C=O) groups excluding carboxylic acids is 2. The van der Waals surface area contributed by atoms with E-state index in [-0.39, 0.29) is 19.1 Å². The molecule has 8 heteroatoms.